The molecule has 2 aromatic carbocycles. The number of nitrogens with zero attached hydrogens (tertiary/aromatic N) is 2. The first kappa shape index (κ1) is 21.3. The smallest absolute Gasteiger partial charge is 0.244 e. The van der Waals surface area contributed by atoms with Gasteiger partial charge in [-0.25, -0.2) is 12.8 Å². The van der Waals surface area contributed by atoms with Crippen LogP contribution in [-0.4, -0.2) is 48.9 Å². The second kappa shape index (κ2) is 8.92. The normalized spacial score (nSPS) is 15.5. The minimum Gasteiger partial charge on any atom is -0.358 e. The van der Waals surface area contributed by atoms with Gasteiger partial charge in [0.15, 0.2) is 5.11 Å². The van der Waals surface area contributed by atoms with E-state index in [4.69, 9.17) is 35.4 Å². The lowest BCUT2D eigenvalue weighted by Crippen LogP contribution is -2.52. The predicted octanol–water partition coefficient (Wildman–Crippen LogP) is 3.51. The van der Waals surface area contributed by atoms with E-state index in [1.807, 2.05) is 4.90 Å². The van der Waals surface area contributed by atoms with Crippen molar-refractivity contribution in [2.75, 3.05) is 26.2 Å². The molecule has 1 fully saturated rings. The van der Waals surface area contributed by atoms with E-state index in [-0.39, 0.29) is 28.8 Å². The van der Waals surface area contributed by atoms with Crippen LogP contribution in [0.25, 0.3) is 0 Å². The molecule has 0 aromatic heterocycles. The molecule has 1 N–H and O–H groups in total. The molecule has 1 saturated heterocycles. The molecule has 2 aromatic rings. The van der Waals surface area contributed by atoms with Crippen molar-refractivity contribution in [3.05, 3.63) is 63.9 Å². The topological polar surface area (TPSA) is 52.7 Å². The van der Waals surface area contributed by atoms with Crippen molar-refractivity contribution in [3.63, 3.8) is 0 Å². The van der Waals surface area contributed by atoms with Crippen molar-refractivity contribution in [3.8, 4) is 0 Å². The maximum absolute atomic E-state index is 13.0. The fraction of sp³-hybridized carbons (Fsp3) is 0.278. The van der Waals surface area contributed by atoms with Gasteiger partial charge >= 0.3 is 0 Å². The Balaban J connectivity index is 1.58. The van der Waals surface area contributed by atoms with E-state index < -0.39 is 10.0 Å². The number of halogens is 3. The van der Waals surface area contributed by atoms with Gasteiger partial charge in [0.1, 0.15) is 10.7 Å². The average molecular weight is 462 g/mol. The molecule has 0 spiro atoms. The van der Waals surface area contributed by atoms with Gasteiger partial charge in [-0.1, -0.05) is 35.3 Å². The summed E-state index contributed by atoms with van der Waals surface area (Å²) in [5.41, 5.74) is 0.903. The van der Waals surface area contributed by atoms with Gasteiger partial charge < -0.3 is 10.2 Å². The first-order valence-corrected chi connectivity index (χ1v) is 11.1. The van der Waals surface area contributed by atoms with E-state index in [9.17, 15) is 12.8 Å². The van der Waals surface area contributed by atoms with Crippen molar-refractivity contribution in [1.82, 2.24) is 14.5 Å². The minimum atomic E-state index is -3.73. The van der Waals surface area contributed by atoms with E-state index in [0.717, 1.165) is 5.56 Å². The zero-order valence-electron chi connectivity index (χ0n) is 14.7. The molecule has 0 saturated carbocycles. The largest absolute Gasteiger partial charge is 0.358 e. The first-order chi connectivity index (χ1) is 13.3. The van der Waals surface area contributed by atoms with Crippen LogP contribution >= 0.6 is 35.4 Å². The van der Waals surface area contributed by atoms with Crippen molar-refractivity contribution in [1.29, 1.82) is 0 Å². The molecule has 0 unspecified atom stereocenters. The van der Waals surface area contributed by atoms with Crippen molar-refractivity contribution in [2.24, 2.45) is 0 Å². The van der Waals surface area contributed by atoms with Gasteiger partial charge in [0, 0.05) is 37.7 Å². The van der Waals surface area contributed by atoms with Gasteiger partial charge in [0.2, 0.25) is 10.0 Å². The van der Waals surface area contributed by atoms with E-state index in [2.05, 4.69) is 5.32 Å². The lowest BCUT2D eigenvalue weighted by molar-refractivity contribution is 0.264. The molecule has 1 heterocycles. The molecule has 0 radical (unpaired) electrons. The van der Waals surface area contributed by atoms with Crippen LogP contribution in [0.1, 0.15) is 5.56 Å². The van der Waals surface area contributed by atoms with Crippen LogP contribution in [0.4, 0.5) is 4.39 Å². The van der Waals surface area contributed by atoms with E-state index in [1.54, 1.807) is 18.2 Å². The van der Waals surface area contributed by atoms with Crippen LogP contribution in [0.5, 0.6) is 0 Å². The maximum atomic E-state index is 13.0. The molecule has 3 rings (SSSR count). The molecule has 10 heteroatoms. The molecular formula is C18H18Cl2FN3O2S2. The van der Waals surface area contributed by atoms with Gasteiger partial charge in [0.25, 0.3) is 0 Å². The molecule has 150 valence electrons. The molecule has 0 bridgehead atoms. The van der Waals surface area contributed by atoms with Crippen LogP contribution in [0.3, 0.4) is 0 Å². The van der Waals surface area contributed by atoms with E-state index in [0.29, 0.717) is 29.8 Å². The van der Waals surface area contributed by atoms with Crippen molar-refractivity contribution in [2.45, 2.75) is 11.4 Å². The Kier molecular flexibility index (Phi) is 6.77. The van der Waals surface area contributed by atoms with Crippen LogP contribution in [0, 0.1) is 5.82 Å². The number of nitrogens with one attached hydrogen (secondary N) is 1. The molecule has 5 nitrogen and oxygen atoms in total. The minimum absolute atomic E-state index is 0.00660. The molecule has 0 atom stereocenters. The Morgan fingerprint density at radius 3 is 2.36 bits per heavy atom. The highest BCUT2D eigenvalue weighted by atomic mass is 35.5. The zero-order valence-corrected chi connectivity index (χ0v) is 17.9. The Morgan fingerprint density at radius 2 is 1.71 bits per heavy atom. The highest BCUT2D eigenvalue weighted by molar-refractivity contribution is 7.89. The Morgan fingerprint density at radius 1 is 1.07 bits per heavy atom. The maximum Gasteiger partial charge on any atom is 0.244 e. The monoisotopic (exact) mass is 461 g/mol. The van der Waals surface area contributed by atoms with Gasteiger partial charge in [0.05, 0.1) is 5.02 Å². The van der Waals surface area contributed by atoms with Crippen molar-refractivity contribution < 1.29 is 12.8 Å². The van der Waals surface area contributed by atoms with Crippen LogP contribution in [0.2, 0.25) is 10.0 Å². The molecule has 0 aliphatic carbocycles. The Bertz CT molecular complexity index is 963. The Labute approximate surface area is 179 Å². The molecule has 0 amide bonds. The van der Waals surface area contributed by atoms with Crippen LogP contribution < -0.4 is 5.32 Å². The third kappa shape index (κ3) is 4.93. The highest BCUT2D eigenvalue weighted by Gasteiger charge is 2.30. The fourth-order valence-corrected chi connectivity index (χ4v) is 5.25. The standard InChI is InChI=1S/C18H18Cl2FN3O2S2/c19-14-3-6-16(20)17(11-14)28(25,26)24-9-7-23(8-10-24)18(27)22-12-13-1-4-15(21)5-2-13/h1-6,11H,7-10,12H2,(H,22,27). The molecular weight excluding hydrogens is 444 g/mol. The summed E-state index contributed by atoms with van der Waals surface area (Å²) >= 11 is 17.4. The lowest BCUT2D eigenvalue weighted by Gasteiger charge is -2.35. The number of piperazine rings is 1. The van der Waals surface area contributed by atoms with Gasteiger partial charge in [-0.05, 0) is 48.1 Å². The van der Waals surface area contributed by atoms with Gasteiger partial charge in [-0.15, -0.1) is 0 Å². The third-order valence-electron chi connectivity index (χ3n) is 4.39. The number of hydrogen-bond donors (Lipinski definition) is 1. The number of benzene rings is 2. The number of thiocarbonyl (C=S) groups is 1. The highest BCUT2D eigenvalue weighted by Crippen LogP contribution is 2.28. The number of rotatable bonds is 4. The van der Waals surface area contributed by atoms with Crippen molar-refractivity contribution >= 4 is 50.6 Å². The average Bonchev–Trinajstić information content (AvgIpc) is 2.69. The third-order valence-corrected chi connectivity index (χ3v) is 7.41. The summed E-state index contributed by atoms with van der Waals surface area (Å²) < 4.78 is 40.1. The summed E-state index contributed by atoms with van der Waals surface area (Å²) in [6.07, 6.45) is 0. The molecule has 1 aliphatic rings. The second-order valence-electron chi connectivity index (χ2n) is 6.25. The van der Waals surface area contributed by atoms with E-state index in [1.165, 1.54) is 28.6 Å². The summed E-state index contributed by atoms with van der Waals surface area (Å²) in [5.74, 6) is -0.288. The Hall–Kier alpha value is -1.45. The summed E-state index contributed by atoms with van der Waals surface area (Å²) in [4.78, 5) is 1.91. The summed E-state index contributed by atoms with van der Waals surface area (Å²) in [6.45, 7) is 1.93. The molecule has 28 heavy (non-hydrogen) atoms. The summed E-state index contributed by atoms with van der Waals surface area (Å²) in [7, 11) is -3.73. The first-order valence-electron chi connectivity index (χ1n) is 8.50. The van der Waals surface area contributed by atoms with E-state index >= 15 is 0 Å². The predicted molar refractivity (Wildman–Crippen MR) is 113 cm³/mol. The number of sulfonamides is 1. The SMILES string of the molecule is O=S(=O)(c1cc(Cl)ccc1Cl)N1CCN(C(=S)NCc2ccc(F)cc2)CC1. The summed E-state index contributed by atoms with van der Waals surface area (Å²) in [5, 5.41) is 4.10. The van der Waals surface area contributed by atoms with Crippen LogP contribution in [-0.2, 0) is 16.6 Å². The molecule has 1 aliphatic heterocycles. The lowest BCUT2D eigenvalue weighted by atomic mass is 10.2. The van der Waals surface area contributed by atoms with Gasteiger partial charge in [-0.2, -0.15) is 4.31 Å². The fourth-order valence-electron chi connectivity index (χ4n) is 2.84. The zero-order chi connectivity index (χ0) is 20.3. The summed E-state index contributed by atoms with van der Waals surface area (Å²) in [6, 6.07) is 10.5. The van der Waals surface area contributed by atoms with Gasteiger partial charge in [-0.3, -0.25) is 0 Å². The second-order valence-corrected chi connectivity index (χ2v) is 9.39. The van der Waals surface area contributed by atoms with Crippen LogP contribution in [0.15, 0.2) is 47.4 Å². The number of hydrogen-bond acceptors (Lipinski definition) is 3. The quantitative estimate of drug-likeness (QED) is 0.705.